The van der Waals surface area contributed by atoms with Crippen LogP contribution in [0.4, 0.5) is 0 Å². The molecule has 214 valence electrons. The summed E-state index contributed by atoms with van der Waals surface area (Å²) in [6.45, 7) is 3.96. The first-order chi connectivity index (χ1) is 20.5. The van der Waals surface area contributed by atoms with Crippen LogP contribution in [0.15, 0.2) is 152 Å². The zero-order valence-corrected chi connectivity index (χ0v) is 23.7. The maximum atomic E-state index is 11.8. The van der Waals surface area contributed by atoms with Gasteiger partial charge in [0, 0.05) is 5.92 Å². The Labute approximate surface area is 247 Å². The van der Waals surface area contributed by atoms with E-state index in [0.717, 1.165) is 16.7 Å². The van der Waals surface area contributed by atoms with Gasteiger partial charge < -0.3 is 24.4 Å². The van der Waals surface area contributed by atoms with E-state index in [1.165, 1.54) is 0 Å². The molecule has 0 radical (unpaired) electrons. The summed E-state index contributed by atoms with van der Waals surface area (Å²) in [5.41, 5.74) is 1.14. The summed E-state index contributed by atoms with van der Waals surface area (Å²) in [4.78, 5) is 0. The monoisotopic (exact) mass is 560 g/mol. The molecule has 0 bridgehead atoms. The van der Waals surface area contributed by atoms with E-state index in [9.17, 15) is 10.2 Å². The van der Waals surface area contributed by atoms with Gasteiger partial charge in [0.1, 0.15) is 29.3 Å². The molecule has 0 aliphatic heterocycles. The van der Waals surface area contributed by atoms with Crippen molar-refractivity contribution in [3.63, 3.8) is 0 Å². The first-order valence-electron chi connectivity index (χ1n) is 14.0. The molecule has 5 heteroatoms. The number of hydrogen-bond donors (Lipinski definition) is 2. The van der Waals surface area contributed by atoms with Crippen LogP contribution in [0.3, 0.4) is 0 Å². The van der Waals surface area contributed by atoms with Gasteiger partial charge >= 0.3 is 0 Å². The summed E-state index contributed by atoms with van der Waals surface area (Å²) in [5.74, 6) is 0.579. The molecule has 1 aliphatic carbocycles. The average molecular weight is 561 g/mol. The third-order valence-corrected chi connectivity index (χ3v) is 7.72. The summed E-state index contributed by atoms with van der Waals surface area (Å²) in [5, 5.41) is 23.0. The number of aliphatic hydroxyl groups is 2. The van der Waals surface area contributed by atoms with Gasteiger partial charge in [-0.3, -0.25) is 0 Å². The maximum Gasteiger partial charge on any atom is 0.144 e. The summed E-state index contributed by atoms with van der Waals surface area (Å²) in [6.07, 6.45) is 5.75. The Balaban J connectivity index is 1.49. The second-order valence-electron chi connectivity index (χ2n) is 10.3. The van der Waals surface area contributed by atoms with Crippen molar-refractivity contribution in [2.45, 2.75) is 17.3 Å². The molecule has 0 heterocycles. The Morgan fingerprint density at radius 3 is 1.79 bits per heavy atom. The van der Waals surface area contributed by atoms with Crippen molar-refractivity contribution in [3.05, 3.63) is 168 Å². The van der Waals surface area contributed by atoms with Crippen LogP contribution in [-0.4, -0.2) is 42.2 Å². The van der Waals surface area contributed by atoms with Crippen LogP contribution in [0.1, 0.15) is 16.7 Å². The average Bonchev–Trinajstić information content (AvgIpc) is 3.35. The highest BCUT2D eigenvalue weighted by Gasteiger charge is 2.47. The summed E-state index contributed by atoms with van der Waals surface area (Å²) < 4.78 is 18.2. The van der Waals surface area contributed by atoms with Gasteiger partial charge in [-0.25, -0.2) is 0 Å². The highest BCUT2D eigenvalue weighted by Crippen LogP contribution is 2.43. The van der Waals surface area contributed by atoms with Crippen molar-refractivity contribution < 1.29 is 24.4 Å². The molecule has 4 aromatic carbocycles. The minimum absolute atomic E-state index is 0.0623. The molecule has 0 aromatic heterocycles. The molecule has 2 N–H and O–H groups in total. The largest absolute Gasteiger partial charge is 0.497 e. The summed E-state index contributed by atoms with van der Waals surface area (Å²) in [7, 11) is 1.60. The fourth-order valence-corrected chi connectivity index (χ4v) is 5.68. The van der Waals surface area contributed by atoms with Gasteiger partial charge in [-0.1, -0.05) is 122 Å². The molecule has 0 unspecified atom stereocenters. The zero-order valence-electron chi connectivity index (χ0n) is 23.7. The topological polar surface area (TPSA) is 68.2 Å². The fourth-order valence-electron chi connectivity index (χ4n) is 5.68. The number of benzene rings is 4. The lowest BCUT2D eigenvalue weighted by atomic mass is 9.79. The van der Waals surface area contributed by atoms with Crippen molar-refractivity contribution in [2.24, 2.45) is 5.92 Å². The van der Waals surface area contributed by atoms with Gasteiger partial charge in [0.25, 0.3) is 0 Å². The van der Waals surface area contributed by atoms with Gasteiger partial charge in [-0.2, -0.15) is 0 Å². The number of allylic oxidation sites excluding steroid dienone is 2. The van der Waals surface area contributed by atoms with E-state index in [0.29, 0.717) is 17.1 Å². The van der Waals surface area contributed by atoms with E-state index in [1.54, 1.807) is 49.6 Å². The van der Waals surface area contributed by atoms with E-state index >= 15 is 0 Å². The lowest BCUT2D eigenvalue weighted by Crippen LogP contribution is -2.45. The van der Waals surface area contributed by atoms with Crippen molar-refractivity contribution in [3.8, 4) is 11.5 Å². The standard InChI is InChI=1S/C37H36O5/c1-3-13-28(35-34(38)24-25-36(35,39)27-41-33-22-20-32(40-2)21-23-33)26-42-37(29-14-7-4-8-15-29,30-16-9-5-10-17-30)31-18-11-6-12-19-31/h3-25,34-35,38-39H,1,26-27H2,2H3/b28-13-/t34-,35-,36-/m1/s1. The van der Waals surface area contributed by atoms with Crippen LogP contribution in [0, 0.1) is 5.92 Å². The minimum Gasteiger partial charge on any atom is -0.497 e. The number of ether oxygens (including phenoxy) is 3. The third kappa shape index (κ3) is 5.95. The second-order valence-corrected chi connectivity index (χ2v) is 10.3. The number of methoxy groups -OCH3 is 1. The van der Waals surface area contributed by atoms with Gasteiger partial charge in [0.15, 0.2) is 0 Å². The van der Waals surface area contributed by atoms with Gasteiger partial charge in [-0.05, 0) is 46.5 Å². The molecule has 0 saturated carbocycles. The highest BCUT2D eigenvalue weighted by atomic mass is 16.5. The number of aliphatic hydroxyl groups excluding tert-OH is 1. The maximum absolute atomic E-state index is 11.8. The van der Waals surface area contributed by atoms with Crippen LogP contribution < -0.4 is 9.47 Å². The molecule has 5 nitrogen and oxygen atoms in total. The van der Waals surface area contributed by atoms with E-state index < -0.39 is 23.2 Å². The van der Waals surface area contributed by atoms with Crippen molar-refractivity contribution in [2.75, 3.05) is 20.3 Å². The zero-order chi connectivity index (χ0) is 29.4. The number of rotatable bonds is 12. The molecule has 42 heavy (non-hydrogen) atoms. The van der Waals surface area contributed by atoms with Crippen LogP contribution in [0.25, 0.3) is 0 Å². The van der Waals surface area contributed by atoms with Crippen molar-refractivity contribution in [1.29, 1.82) is 0 Å². The molecule has 3 atom stereocenters. The molecule has 0 amide bonds. The minimum atomic E-state index is -1.48. The Morgan fingerprint density at radius 1 is 0.810 bits per heavy atom. The molecular weight excluding hydrogens is 524 g/mol. The molecule has 5 rings (SSSR count). The second kappa shape index (κ2) is 13.0. The summed E-state index contributed by atoms with van der Waals surface area (Å²) in [6, 6.07) is 37.4. The lowest BCUT2D eigenvalue weighted by Gasteiger charge is -2.38. The van der Waals surface area contributed by atoms with Crippen molar-refractivity contribution >= 4 is 0 Å². The Bertz CT molecular complexity index is 1400. The SMILES string of the molecule is C=C/C=C(/COC(c1ccccc1)(c1ccccc1)c1ccccc1)[C@@H]1[C@H](O)C=C[C@@]1(O)COc1ccc(OC)cc1. The predicted octanol–water partition coefficient (Wildman–Crippen LogP) is 6.47. The smallest absolute Gasteiger partial charge is 0.144 e. The van der Waals surface area contributed by atoms with Crippen LogP contribution in [-0.2, 0) is 10.3 Å². The third-order valence-electron chi connectivity index (χ3n) is 7.72. The Kier molecular flexibility index (Phi) is 9.03. The molecule has 4 aromatic rings. The first-order valence-corrected chi connectivity index (χ1v) is 14.0. The fraction of sp³-hybridized carbons (Fsp3) is 0.189. The predicted molar refractivity (Wildman–Crippen MR) is 166 cm³/mol. The molecule has 1 aliphatic rings. The van der Waals surface area contributed by atoms with E-state index in [4.69, 9.17) is 14.2 Å². The van der Waals surface area contributed by atoms with Gasteiger partial charge in [-0.15, -0.1) is 0 Å². The van der Waals surface area contributed by atoms with Gasteiger partial charge in [0.05, 0.1) is 19.8 Å². The van der Waals surface area contributed by atoms with Crippen LogP contribution in [0.5, 0.6) is 11.5 Å². The van der Waals surface area contributed by atoms with E-state index in [-0.39, 0.29) is 13.2 Å². The van der Waals surface area contributed by atoms with Gasteiger partial charge in [0.2, 0.25) is 0 Å². The quantitative estimate of drug-likeness (QED) is 0.118. The Morgan fingerprint density at radius 2 is 1.31 bits per heavy atom. The number of hydrogen-bond acceptors (Lipinski definition) is 5. The highest BCUT2D eigenvalue weighted by molar-refractivity contribution is 5.48. The van der Waals surface area contributed by atoms with E-state index in [2.05, 4.69) is 43.0 Å². The molecule has 0 spiro atoms. The lowest BCUT2D eigenvalue weighted by molar-refractivity contribution is -0.0355. The molecular formula is C37H36O5. The molecule has 0 saturated heterocycles. The summed E-state index contributed by atoms with van der Waals surface area (Å²) >= 11 is 0. The van der Waals surface area contributed by atoms with E-state index in [1.807, 2.05) is 60.7 Å². The normalized spacial score (nSPS) is 20.3. The van der Waals surface area contributed by atoms with Crippen LogP contribution in [0.2, 0.25) is 0 Å². The van der Waals surface area contributed by atoms with Crippen molar-refractivity contribution in [1.82, 2.24) is 0 Å². The van der Waals surface area contributed by atoms with Crippen LogP contribution >= 0.6 is 0 Å². The molecule has 0 fully saturated rings. The first kappa shape index (κ1) is 29.1. The Hall–Kier alpha value is -4.42.